The fourth-order valence-corrected chi connectivity index (χ4v) is 10.1. The molecule has 0 saturated carbocycles. The van der Waals surface area contributed by atoms with Crippen molar-refractivity contribution in [2.24, 2.45) is 0 Å². The number of nitrogens with two attached hydrogens (primary N) is 1. The molecule has 1 amide bonds. The summed E-state index contributed by atoms with van der Waals surface area (Å²) < 4.78 is 65.9. The number of aromatic amines is 1. The third kappa shape index (κ3) is 13.0. The van der Waals surface area contributed by atoms with E-state index in [0.29, 0.717) is 0 Å². The number of ether oxygens (including phenoxy) is 3. The van der Waals surface area contributed by atoms with Crippen LogP contribution in [0.1, 0.15) is 58.6 Å². The smallest absolute Gasteiger partial charge is 0.446 e. The number of nitrogens with one attached hydrogen (secondary N) is 2. The monoisotopic (exact) mass is 808 g/mol. The Kier molecular flexibility index (Phi) is 14.2. The predicted octanol–water partition coefficient (Wildman–Crippen LogP) is 3.45. The minimum atomic E-state index is -5.74. The molecule has 0 bridgehead atoms. The predicted molar refractivity (Wildman–Crippen MR) is 180 cm³/mol. The number of hydrogen-bond acceptors (Lipinski definition) is 16. The third-order valence-electron chi connectivity index (χ3n) is 7.03. The van der Waals surface area contributed by atoms with Crippen LogP contribution in [0.5, 0.6) is 0 Å². The van der Waals surface area contributed by atoms with Gasteiger partial charge in [0.1, 0.15) is 24.4 Å². The summed E-state index contributed by atoms with van der Waals surface area (Å²) in [7, 11) is -14.1. The SMILES string of the molecule is CC(C)(CNC(=O)OC1CC/C=C/CCC1)SSCOC1C[C@H](n2cnc3c(=O)[nH]c(N)nc32)O[C@@H]1COP(=O)(O)OP(=O)(O)OP(=O)(O)O. The van der Waals surface area contributed by atoms with Gasteiger partial charge in [0.05, 0.1) is 19.0 Å². The zero-order valence-electron chi connectivity index (χ0n) is 26.8. The number of hydrogen-bond donors (Lipinski definition) is 7. The number of nitrogens with zero attached hydrogens (tertiary/aromatic N) is 3. The lowest BCUT2D eigenvalue weighted by molar-refractivity contribution is -0.0522. The molecule has 26 heteroatoms. The van der Waals surface area contributed by atoms with E-state index in [2.05, 4.69) is 41.0 Å². The lowest BCUT2D eigenvalue weighted by Gasteiger charge is -2.25. The maximum Gasteiger partial charge on any atom is 0.490 e. The molecule has 2 aliphatic rings. The van der Waals surface area contributed by atoms with E-state index in [0.717, 1.165) is 32.1 Å². The number of imidazole rings is 1. The summed E-state index contributed by atoms with van der Waals surface area (Å²) in [6.45, 7) is 3.34. The second-order valence-electron chi connectivity index (χ2n) is 11.7. The highest BCUT2D eigenvalue weighted by atomic mass is 33.1. The first-order chi connectivity index (χ1) is 23.3. The van der Waals surface area contributed by atoms with Gasteiger partial charge in [0.15, 0.2) is 11.2 Å². The van der Waals surface area contributed by atoms with Crippen molar-refractivity contribution >= 4 is 68.3 Å². The minimum Gasteiger partial charge on any atom is -0.446 e. The minimum absolute atomic E-state index is 0.0366. The molecule has 4 unspecified atom stereocenters. The van der Waals surface area contributed by atoms with Gasteiger partial charge in [-0.2, -0.15) is 13.6 Å². The van der Waals surface area contributed by atoms with Gasteiger partial charge in [-0.05, 0) is 46.0 Å². The average molecular weight is 809 g/mol. The van der Waals surface area contributed by atoms with Crippen LogP contribution in [0.4, 0.5) is 10.7 Å². The van der Waals surface area contributed by atoms with E-state index in [-0.39, 0.29) is 42.1 Å². The second kappa shape index (κ2) is 17.3. The standard InChI is InChI=1S/C24H39N6O15P3S2/c1-24(2,12-26-23(32)42-15-8-6-4-3-5-7-9-15)50-49-14-40-16-10-18(30-13-27-19-20(30)28-22(25)29-21(19)31)43-17(16)11-41-47(36,37)45-48(38,39)44-46(33,34)35/h3-4,13,15-18H,5-12,14H2,1-2H3,(H,26,32)(H,36,37)(H,38,39)(H2,33,34,35)(H3,25,28,29,31)/b4-3+/t15?,16?,17-,18-/m1/s1. The Hall–Kier alpha value is -1.81. The number of rotatable bonds is 16. The Bertz CT molecular complexity index is 1720. The zero-order valence-corrected chi connectivity index (χ0v) is 31.1. The number of nitrogen functional groups attached to an aromatic ring is 1. The lowest BCUT2D eigenvalue weighted by atomic mass is 10.0. The highest BCUT2D eigenvalue weighted by Crippen LogP contribution is 2.66. The molecule has 8 N–H and O–H groups in total. The molecule has 282 valence electrons. The van der Waals surface area contributed by atoms with Crippen molar-refractivity contribution in [1.82, 2.24) is 24.8 Å². The topological polar surface area (TPSA) is 306 Å². The summed E-state index contributed by atoms with van der Waals surface area (Å²) in [5.74, 6) is -0.133. The molecule has 1 saturated heterocycles. The van der Waals surface area contributed by atoms with Crippen molar-refractivity contribution in [3.05, 3.63) is 28.8 Å². The van der Waals surface area contributed by atoms with E-state index < -0.39 is 64.9 Å². The molecule has 1 aliphatic carbocycles. The number of amides is 1. The number of aromatic nitrogens is 4. The zero-order chi connectivity index (χ0) is 36.7. The number of fused-ring (bicyclic) bond motifs is 1. The first kappa shape index (κ1) is 41.0. The van der Waals surface area contributed by atoms with Gasteiger partial charge in [-0.1, -0.05) is 33.7 Å². The second-order valence-corrected chi connectivity index (χ2v) is 19.0. The highest BCUT2D eigenvalue weighted by Gasteiger charge is 2.44. The maximum absolute atomic E-state index is 12.4. The number of alkyl carbamates (subject to hydrolysis) is 1. The Morgan fingerprint density at radius 2 is 1.90 bits per heavy atom. The Morgan fingerprint density at radius 1 is 1.16 bits per heavy atom. The van der Waals surface area contributed by atoms with Crippen LogP contribution in [0, 0.1) is 0 Å². The van der Waals surface area contributed by atoms with Crippen molar-refractivity contribution in [2.45, 2.75) is 81.7 Å². The number of H-pyrrole nitrogens is 1. The number of phosphoric ester groups is 1. The molecule has 3 heterocycles. The molecule has 0 radical (unpaired) electrons. The van der Waals surface area contributed by atoms with Crippen LogP contribution in [0.15, 0.2) is 23.3 Å². The molecule has 4 rings (SSSR count). The molecule has 0 aromatic carbocycles. The Labute approximate surface area is 293 Å². The first-order valence-electron chi connectivity index (χ1n) is 15.0. The van der Waals surface area contributed by atoms with Crippen LogP contribution >= 0.6 is 45.1 Å². The number of phosphoric acid groups is 3. The van der Waals surface area contributed by atoms with E-state index in [1.807, 2.05) is 13.8 Å². The van der Waals surface area contributed by atoms with Crippen LogP contribution in [0.3, 0.4) is 0 Å². The van der Waals surface area contributed by atoms with E-state index in [4.69, 9.17) is 34.3 Å². The molecule has 6 atom stereocenters. The van der Waals surface area contributed by atoms with Gasteiger partial charge in [0, 0.05) is 17.7 Å². The van der Waals surface area contributed by atoms with Crippen LogP contribution < -0.4 is 16.6 Å². The first-order valence-corrected chi connectivity index (χ1v) is 21.8. The van der Waals surface area contributed by atoms with Crippen molar-refractivity contribution in [3.8, 4) is 0 Å². The van der Waals surface area contributed by atoms with Gasteiger partial charge in [-0.3, -0.25) is 18.9 Å². The van der Waals surface area contributed by atoms with Crippen molar-refractivity contribution < 1.29 is 65.4 Å². The number of carbonyl (C=O) groups is 1. The number of anilines is 1. The summed E-state index contributed by atoms with van der Waals surface area (Å²) in [5, 5.41) is 2.81. The van der Waals surface area contributed by atoms with Crippen molar-refractivity contribution in [2.75, 3.05) is 24.8 Å². The lowest BCUT2D eigenvalue weighted by Crippen LogP contribution is -2.38. The largest absolute Gasteiger partial charge is 0.490 e. The molecular formula is C24H39N6O15P3S2. The number of carbonyl (C=O) groups excluding carboxylic acids is 1. The van der Waals surface area contributed by atoms with E-state index >= 15 is 0 Å². The van der Waals surface area contributed by atoms with Gasteiger partial charge in [-0.15, -0.1) is 0 Å². The molecule has 2 aromatic heterocycles. The Morgan fingerprint density at radius 3 is 2.64 bits per heavy atom. The van der Waals surface area contributed by atoms with Crippen LogP contribution in [-0.4, -0.2) is 87.3 Å². The maximum atomic E-state index is 12.4. The quantitative estimate of drug-likeness (QED) is 0.0420. The molecule has 1 fully saturated rings. The van der Waals surface area contributed by atoms with E-state index in [1.165, 1.54) is 32.5 Å². The molecule has 0 spiro atoms. The summed E-state index contributed by atoms with van der Waals surface area (Å²) in [5.41, 5.74) is 5.13. The fourth-order valence-electron chi connectivity index (χ4n) is 4.87. The Balaban J connectivity index is 1.35. The summed E-state index contributed by atoms with van der Waals surface area (Å²) in [6, 6.07) is 0. The van der Waals surface area contributed by atoms with E-state index in [1.54, 1.807) is 0 Å². The summed E-state index contributed by atoms with van der Waals surface area (Å²) in [6.07, 6.45) is 6.37. The fraction of sp³-hybridized carbons (Fsp3) is 0.667. The van der Waals surface area contributed by atoms with Gasteiger partial charge >= 0.3 is 29.6 Å². The average Bonchev–Trinajstić information content (AvgIpc) is 3.57. The summed E-state index contributed by atoms with van der Waals surface area (Å²) >= 11 is 0. The molecule has 2 aromatic rings. The van der Waals surface area contributed by atoms with Gasteiger partial charge < -0.3 is 44.8 Å². The molecule has 1 aliphatic heterocycles. The van der Waals surface area contributed by atoms with Gasteiger partial charge in [0.25, 0.3) is 5.56 Å². The molecular weight excluding hydrogens is 769 g/mol. The molecule has 50 heavy (non-hydrogen) atoms. The molecule has 21 nitrogen and oxygen atoms in total. The summed E-state index contributed by atoms with van der Waals surface area (Å²) in [4.78, 5) is 72.1. The van der Waals surface area contributed by atoms with Crippen LogP contribution in [-0.2, 0) is 41.1 Å². The number of allylic oxidation sites excluding steroid dienone is 2. The van der Waals surface area contributed by atoms with Crippen LogP contribution in [0.2, 0.25) is 0 Å². The van der Waals surface area contributed by atoms with Crippen LogP contribution in [0.25, 0.3) is 11.2 Å². The normalized spacial score (nSPS) is 24.9. The van der Waals surface area contributed by atoms with Crippen molar-refractivity contribution in [3.63, 3.8) is 0 Å². The van der Waals surface area contributed by atoms with Crippen molar-refractivity contribution in [1.29, 1.82) is 0 Å². The van der Waals surface area contributed by atoms with Gasteiger partial charge in [-0.25, -0.2) is 23.5 Å². The highest BCUT2D eigenvalue weighted by molar-refractivity contribution is 8.77. The van der Waals surface area contributed by atoms with Gasteiger partial charge in [0.2, 0.25) is 5.95 Å². The van der Waals surface area contributed by atoms with E-state index in [9.17, 15) is 33.1 Å². The third-order valence-corrected chi connectivity index (χ3v) is 13.8.